The lowest BCUT2D eigenvalue weighted by Gasteiger charge is -2.28. The first-order valence-electron chi connectivity index (χ1n) is 9.77. The Morgan fingerprint density at radius 1 is 0.767 bits per heavy atom. The van der Waals surface area contributed by atoms with E-state index >= 15 is 0 Å². The first-order valence-corrected chi connectivity index (χ1v) is 9.77. The van der Waals surface area contributed by atoms with Gasteiger partial charge in [-0.15, -0.1) is 0 Å². The van der Waals surface area contributed by atoms with Crippen LogP contribution in [0.3, 0.4) is 0 Å². The molecule has 0 spiro atoms. The molecule has 6 nitrogen and oxygen atoms in total. The molecule has 2 aliphatic rings. The van der Waals surface area contributed by atoms with Crippen molar-refractivity contribution in [2.24, 2.45) is 5.92 Å². The molecule has 150 valence electrons. The molecule has 0 saturated carbocycles. The van der Waals surface area contributed by atoms with E-state index in [4.69, 9.17) is 9.57 Å². The maximum Gasteiger partial charge on any atom is 0.266 e. The van der Waals surface area contributed by atoms with Gasteiger partial charge in [0, 0.05) is 0 Å². The van der Waals surface area contributed by atoms with Crippen LogP contribution in [0.25, 0.3) is 0 Å². The molecule has 0 aliphatic carbocycles. The standard InChI is InChI=1S/C24H20N2O4/c1-29-19-14-12-16(13-15-19)21-20-22(30-26(21)18-10-6-3-7-11-18)24(28)25(23(20)27)17-8-4-2-5-9-17/h2-15,20-22H,1H3/t20-,21-,22+/m0/s1. The van der Waals surface area contributed by atoms with Crippen molar-refractivity contribution in [3.05, 3.63) is 90.5 Å². The van der Waals surface area contributed by atoms with Crippen molar-refractivity contribution < 1.29 is 19.2 Å². The molecule has 30 heavy (non-hydrogen) atoms. The van der Waals surface area contributed by atoms with E-state index in [0.29, 0.717) is 5.69 Å². The first-order chi connectivity index (χ1) is 14.7. The Balaban J connectivity index is 1.58. The van der Waals surface area contributed by atoms with Crippen molar-refractivity contribution in [2.75, 3.05) is 17.1 Å². The Labute approximate surface area is 174 Å². The number of hydrogen-bond acceptors (Lipinski definition) is 5. The zero-order chi connectivity index (χ0) is 20.7. The van der Waals surface area contributed by atoms with Gasteiger partial charge in [0.1, 0.15) is 11.7 Å². The summed E-state index contributed by atoms with van der Waals surface area (Å²) < 4.78 is 5.27. The number of rotatable bonds is 4. The number of nitrogens with zero attached hydrogens (tertiary/aromatic N) is 2. The molecule has 3 aromatic rings. The van der Waals surface area contributed by atoms with Crippen molar-refractivity contribution >= 4 is 23.2 Å². The van der Waals surface area contributed by atoms with Gasteiger partial charge < -0.3 is 4.74 Å². The predicted octanol–water partition coefficient (Wildman–Crippen LogP) is 3.75. The lowest BCUT2D eigenvalue weighted by atomic mass is 9.90. The second-order valence-electron chi connectivity index (χ2n) is 7.28. The number of hydroxylamine groups is 1. The number of methoxy groups -OCH3 is 1. The highest BCUT2D eigenvalue weighted by Crippen LogP contribution is 2.47. The molecular formula is C24H20N2O4. The van der Waals surface area contributed by atoms with E-state index < -0.39 is 18.1 Å². The molecule has 0 unspecified atom stereocenters. The zero-order valence-corrected chi connectivity index (χ0v) is 16.3. The number of ether oxygens (including phenoxy) is 1. The molecule has 0 bridgehead atoms. The Morgan fingerprint density at radius 3 is 1.97 bits per heavy atom. The van der Waals surface area contributed by atoms with E-state index in [1.807, 2.05) is 72.8 Å². The van der Waals surface area contributed by atoms with Crippen LogP contribution in [0.4, 0.5) is 11.4 Å². The van der Waals surface area contributed by atoms with Crippen molar-refractivity contribution in [1.29, 1.82) is 0 Å². The van der Waals surface area contributed by atoms with E-state index in [2.05, 4.69) is 0 Å². The highest BCUT2D eigenvalue weighted by molar-refractivity contribution is 6.23. The van der Waals surface area contributed by atoms with Crippen molar-refractivity contribution in [3.63, 3.8) is 0 Å². The van der Waals surface area contributed by atoms with Gasteiger partial charge in [0.25, 0.3) is 5.91 Å². The van der Waals surface area contributed by atoms with E-state index in [1.54, 1.807) is 24.3 Å². The average Bonchev–Trinajstić information content (AvgIpc) is 3.31. The van der Waals surface area contributed by atoms with Gasteiger partial charge in [-0.3, -0.25) is 14.4 Å². The summed E-state index contributed by atoms with van der Waals surface area (Å²) in [6.07, 6.45) is -0.870. The van der Waals surface area contributed by atoms with Gasteiger partial charge in [0.2, 0.25) is 5.91 Å². The second kappa shape index (κ2) is 7.31. The summed E-state index contributed by atoms with van der Waals surface area (Å²) in [4.78, 5) is 34.0. The zero-order valence-electron chi connectivity index (χ0n) is 16.3. The van der Waals surface area contributed by atoms with Crippen LogP contribution >= 0.6 is 0 Å². The first kappa shape index (κ1) is 18.4. The number of hydrogen-bond donors (Lipinski definition) is 0. The SMILES string of the molecule is COc1ccc([C@H]2[C@@H]3C(=O)N(c4ccccc4)C(=O)[C@@H]3ON2c2ccccc2)cc1. The fourth-order valence-corrected chi connectivity index (χ4v) is 4.18. The van der Waals surface area contributed by atoms with Gasteiger partial charge >= 0.3 is 0 Å². The molecule has 2 fully saturated rings. The topological polar surface area (TPSA) is 59.1 Å². The highest BCUT2D eigenvalue weighted by Gasteiger charge is 2.60. The van der Waals surface area contributed by atoms with Gasteiger partial charge in [0.15, 0.2) is 6.10 Å². The molecular weight excluding hydrogens is 380 g/mol. The lowest BCUT2D eigenvalue weighted by molar-refractivity contribution is -0.126. The number of benzene rings is 3. The maximum atomic E-state index is 13.5. The molecule has 0 N–H and O–H groups in total. The molecule has 6 heteroatoms. The van der Waals surface area contributed by atoms with Crippen LogP contribution in [0.2, 0.25) is 0 Å². The van der Waals surface area contributed by atoms with Crippen LogP contribution in [0.5, 0.6) is 5.75 Å². The van der Waals surface area contributed by atoms with Crippen molar-refractivity contribution in [2.45, 2.75) is 12.1 Å². The van der Waals surface area contributed by atoms with Gasteiger partial charge in [-0.1, -0.05) is 48.5 Å². The number of para-hydroxylation sites is 2. The summed E-state index contributed by atoms with van der Waals surface area (Å²) in [6, 6.07) is 25.6. The third-order valence-corrected chi connectivity index (χ3v) is 5.60. The summed E-state index contributed by atoms with van der Waals surface area (Å²) in [5.41, 5.74) is 2.23. The molecule has 2 amide bonds. The van der Waals surface area contributed by atoms with Crippen LogP contribution in [0.1, 0.15) is 11.6 Å². The summed E-state index contributed by atoms with van der Waals surface area (Å²) in [6.45, 7) is 0. The fourth-order valence-electron chi connectivity index (χ4n) is 4.18. The number of amides is 2. The predicted molar refractivity (Wildman–Crippen MR) is 112 cm³/mol. The van der Waals surface area contributed by atoms with Gasteiger partial charge in [-0.2, -0.15) is 0 Å². The molecule has 0 aromatic heterocycles. The third kappa shape index (κ3) is 2.84. The minimum Gasteiger partial charge on any atom is -0.497 e. The number of carbonyl (C=O) groups is 2. The number of carbonyl (C=O) groups excluding carboxylic acids is 2. The Morgan fingerprint density at radius 2 is 1.37 bits per heavy atom. The molecule has 3 atom stereocenters. The molecule has 0 radical (unpaired) electrons. The summed E-state index contributed by atoms with van der Waals surface area (Å²) in [5, 5.41) is 1.69. The van der Waals surface area contributed by atoms with Crippen LogP contribution in [-0.2, 0) is 14.4 Å². The minimum absolute atomic E-state index is 0.254. The van der Waals surface area contributed by atoms with Crippen molar-refractivity contribution in [3.8, 4) is 5.75 Å². The smallest absolute Gasteiger partial charge is 0.266 e. The number of imide groups is 1. The van der Waals surface area contributed by atoms with Gasteiger partial charge in [-0.05, 0) is 42.0 Å². The molecule has 5 rings (SSSR count). The minimum atomic E-state index is -0.870. The van der Waals surface area contributed by atoms with Crippen LogP contribution in [-0.4, -0.2) is 25.0 Å². The second-order valence-corrected chi connectivity index (χ2v) is 7.28. The molecule has 3 aromatic carbocycles. The van der Waals surface area contributed by atoms with E-state index in [9.17, 15) is 9.59 Å². The van der Waals surface area contributed by atoms with Crippen LogP contribution < -0.4 is 14.7 Å². The maximum absolute atomic E-state index is 13.5. The largest absolute Gasteiger partial charge is 0.497 e. The van der Waals surface area contributed by atoms with Crippen LogP contribution in [0, 0.1) is 5.92 Å². The average molecular weight is 400 g/mol. The lowest BCUT2D eigenvalue weighted by Crippen LogP contribution is -2.37. The monoisotopic (exact) mass is 400 g/mol. The molecule has 2 saturated heterocycles. The third-order valence-electron chi connectivity index (χ3n) is 5.60. The summed E-state index contributed by atoms with van der Waals surface area (Å²) in [7, 11) is 1.61. The van der Waals surface area contributed by atoms with Crippen LogP contribution in [0.15, 0.2) is 84.9 Å². The Kier molecular flexibility index (Phi) is 4.48. The number of anilines is 2. The van der Waals surface area contributed by atoms with Gasteiger partial charge in [0.05, 0.1) is 24.5 Å². The molecule has 2 aliphatic heterocycles. The highest BCUT2D eigenvalue weighted by atomic mass is 16.7. The van der Waals surface area contributed by atoms with E-state index in [0.717, 1.165) is 17.0 Å². The normalized spacial score (nSPS) is 23.0. The van der Waals surface area contributed by atoms with E-state index in [1.165, 1.54) is 4.90 Å². The fraction of sp³-hybridized carbons (Fsp3) is 0.167. The molecule has 2 heterocycles. The van der Waals surface area contributed by atoms with Gasteiger partial charge in [-0.25, -0.2) is 9.96 Å². The number of fused-ring (bicyclic) bond motifs is 1. The Bertz CT molecular complexity index is 1070. The van der Waals surface area contributed by atoms with E-state index in [-0.39, 0.29) is 11.8 Å². The summed E-state index contributed by atoms with van der Waals surface area (Å²) >= 11 is 0. The Hall–Kier alpha value is -3.64. The quantitative estimate of drug-likeness (QED) is 0.625. The summed E-state index contributed by atoms with van der Waals surface area (Å²) in [5.74, 6) is -0.518. The van der Waals surface area contributed by atoms with Crippen molar-refractivity contribution in [1.82, 2.24) is 0 Å².